The Morgan fingerprint density at radius 3 is 1.33 bits per heavy atom. The molecule has 52 heavy (non-hydrogen) atoms. The fourth-order valence-electron chi connectivity index (χ4n) is 8.93. The van der Waals surface area contributed by atoms with E-state index in [1.54, 1.807) is 0 Å². The van der Waals surface area contributed by atoms with E-state index in [9.17, 15) is 4.79 Å². The van der Waals surface area contributed by atoms with Crippen molar-refractivity contribution < 1.29 is 4.42 Å². The van der Waals surface area contributed by atoms with Crippen LogP contribution in [-0.2, 0) is 0 Å². The van der Waals surface area contributed by atoms with Crippen molar-refractivity contribution in [1.29, 1.82) is 0 Å². The van der Waals surface area contributed by atoms with Crippen LogP contribution in [0.3, 0.4) is 0 Å². The standard InChI is InChI=1S/C49H27NO2/c51-49-40-13-6-5-12-36(40)38-14-7-15-39-42-25-29(17-21-45(42)50(49)48(38)39)31-19-23-47-44(27-31)43-26-30(18-22-46(43)52-47)28-16-20-37-34-10-2-1-8-32(34)33-9-3-4-11-35(33)41(37)24-28/h1-27H. The summed E-state index contributed by atoms with van der Waals surface area (Å²) < 4.78 is 8.28. The van der Waals surface area contributed by atoms with Crippen molar-refractivity contribution in [1.82, 2.24) is 4.40 Å². The zero-order valence-corrected chi connectivity index (χ0v) is 27.9. The van der Waals surface area contributed by atoms with Gasteiger partial charge in [-0.1, -0.05) is 115 Å². The van der Waals surface area contributed by atoms with Gasteiger partial charge in [-0.2, -0.15) is 0 Å². The van der Waals surface area contributed by atoms with Crippen LogP contribution in [0.5, 0.6) is 0 Å². The number of para-hydroxylation sites is 1. The van der Waals surface area contributed by atoms with Gasteiger partial charge in [0.2, 0.25) is 0 Å². The lowest BCUT2D eigenvalue weighted by Gasteiger charge is -2.12. The van der Waals surface area contributed by atoms with Crippen molar-refractivity contribution in [3.8, 4) is 22.3 Å². The van der Waals surface area contributed by atoms with Gasteiger partial charge in [0, 0.05) is 32.3 Å². The molecule has 0 aliphatic carbocycles. The molecule has 0 aliphatic rings. The molecule has 0 unspecified atom stereocenters. The first kappa shape index (κ1) is 27.8. The van der Waals surface area contributed by atoms with Crippen molar-refractivity contribution in [2.75, 3.05) is 0 Å². The normalized spacial score (nSPS) is 12.3. The maximum Gasteiger partial charge on any atom is 0.263 e. The summed E-state index contributed by atoms with van der Waals surface area (Å²) in [5.74, 6) is 0. The average molecular weight is 662 g/mol. The number of nitrogens with zero attached hydrogens (tertiary/aromatic N) is 1. The summed E-state index contributed by atoms with van der Waals surface area (Å²) in [5, 5.41) is 14.8. The molecule has 9 aromatic carbocycles. The number of furan rings is 1. The van der Waals surface area contributed by atoms with Gasteiger partial charge in [0.25, 0.3) is 5.56 Å². The van der Waals surface area contributed by atoms with Gasteiger partial charge in [0.15, 0.2) is 0 Å². The van der Waals surface area contributed by atoms with Gasteiger partial charge in [-0.25, -0.2) is 0 Å². The molecule has 0 aliphatic heterocycles. The molecule has 240 valence electrons. The molecule has 0 saturated heterocycles. The first-order valence-electron chi connectivity index (χ1n) is 17.7. The van der Waals surface area contributed by atoms with E-state index in [1.807, 2.05) is 28.7 Å². The Morgan fingerprint density at radius 2 is 0.731 bits per heavy atom. The van der Waals surface area contributed by atoms with Crippen LogP contribution in [0.15, 0.2) is 173 Å². The zero-order valence-electron chi connectivity index (χ0n) is 27.9. The molecule has 0 N–H and O–H groups in total. The molecule has 0 bridgehead atoms. The smallest absolute Gasteiger partial charge is 0.263 e. The molecule has 3 heterocycles. The summed E-state index contributed by atoms with van der Waals surface area (Å²) in [6, 6.07) is 58.0. The molecule has 0 amide bonds. The van der Waals surface area contributed by atoms with Crippen LogP contribution in [0, 0.1) is 0 Å². The summed E-state index contributed by atoms with van der Waals surface area (Å²) in [5.41, 5.74) is 8.21. The van der Waals surface area contributed by atoms with Crippen molar-refractivity contribution in [3.63, 3.8) is 0 Å². The Labute approximate surface area is 296 Å². The summed E-state index contributed by atoms with van der Waals surface area (Å²) in [7, 11) is 0. The largest absolute Gasteiger partial charge is 0.456 e. The third kappa shape index (κ3) is 3.66. The zero-order chi connectivity index (χ0) is 34.1. The van der Waals surface area contributed by atoms with Crippen molar-refractivity contribution in [2.45, 2.75) is 0 Å². The van der Waals surface area contributed by atoms with E-state index in [1.165, 1.54) is 37.9 Å². The number of aromatic nitrogens is 1. The van der Waals surface area contributed by atoms with Crippen LogP contribution in [-0.4, -0.2) is 4.40 Å². The van der Waals surface area contributed by atoms with Crippen molar-refractivity contribution in [3.05, 3.63) is 174 Å². The monoisotopic (exact) mass is 661 g/mol. The van der Waals surface area contributed by atoms with Crippen LogP contribution in [0.25, 0.3) is 114 Å². The molecule has 12 rings (SSSR count). The fourth-order valence-corrected chi connectivity index (χ4v) is 8.93. The van der Waals surface area contributed by atoms with Crippen LogP contribution in [0.2, 0.25) is 0 Å². The minimum Gasteiger partial charge on any atom is -0.456 e. The first-order chi connectivity index (χ1) is 25.7. The highest BCUT2D eigenvalue weighted by Gasteiger charge is 2.18. The van der Waals surface area contributed by atoms with Gasteiger partial charge in [-0.15, -0.1) is 0 Å². The summed E-state index contributed by atoms with van der Waals surface area (Å²) in [6.45, 7) is 0. The van der Waals surface area contributed by atoms with Crippen molar-refractivity contribution in [2.24, 2.45) is 0 Å². The van der Waals surface area contributed by atoms with E-state index in [4.69, 9.17) is 4.42 Å². The molecule has 3 heteroatoms. The van der Waals surface area contributed by atoms with E-state index in [-0.39, 0.29) is 5.56 Å². The summed E-state index contributed by atoms with van der Waals surface area (Å²) >= 11 is 0. The number of fused-ring (bicyclic) bond motifs is 14. The summed E-state index contributed by atoms with van der Waals surface area (Å²) in [4.78, 5) is 13.8. The maximum atomic E-state index is 13.8. The highest BCUT2D eigenvalue weighted by Crippen LogP contribution is 2.41. The van der Waals surface area contributed by atoms with Gasteiger partial charge in [0.05, 0.1) is 11.0 Å². The van der Waals surface area contributed by atoms with Crippen LogP contribution >= 0.6 is 0 Å². The number of hydrogen-bond donors (Lipinski definition) is 0. The Balaban J connectivity index is 1.03. The van der Waals surface area contributed by atoms with Crippen LogP contribution in [0.1, 0.15) is 0 Å². The van der Waals surface area contributed by atoms with E-state index in [0.717, 1.165) is 76.6 Å². The molecule has 0 spiro atoms. The minimum atomic E-state index is 0.0251. The highest BCUT2D eigenvalue weighted by molar-refractivity contribution is 6.26. The fraction of sp³-hybridized carbons (Fsp3) is 0. The maximum absolute atomic E-state index is 13.8. The summed E-state index contributed by atoms with van der Waals surface area (Å²) in [6.07, 6.45) is 0. The Kier molecular flexibility index (Phi) is 5.38. The molecule has 0 fully saturated rings. The molecular formula is C49H27NO2. The van der Waals surface area contributed by atoms with E-state index in [2.05, 4.69) is 140 Å². The number of benzene rings is 9. The average Bonchev–Trinajstić information content (AvgIpc) is 3.75. The quantitative estimate of drug-likeness (QED) is 0.173. The third-order valence-electron chi connectivity index (χ3n) is 11.3. The lowest BCUT2D eigenvalue weighted by molar-refractivity contribution is 0.669. The van der Waals surface area contributed by atoms with E-state index < -0.39 is 0 Å². The Hall–Kier alpha value is -6.97. The van der Waals surface area contributed by atoms with Crippen LogP contribution in [0.4, 0.5) is 0 Å². The van der Waals surface area contributed by atoms with Gasteiger partial charge in [0.1, 0.15) is 11.2 Å². The predicted molar refractivity (Wildman–Crippen MR) is 218 cm³/mol. The molecular weight excluding hydrogens is 635 g/mol. The number of rotatable bonds is 2. The van der Waals surface area contributed by atoms with Gasteiger partial charge in [-0.3, -0.25) is 9.20 Å². The second-order valence-corrected chi connectivity index (χ2v) is 14.0. The minimum absolute atomic E-state index is 0.0251. The molecule has 0 radical (unpaired) electrons. The van der Waals surface area contributed by atoms with E-state index >= 15 is 0 Å². The lowest BCUT2D eigenvalue weighted by atomic mass is 9.92. The highest BCUT2D eigenvalue weighted by atomic mass is 16.3. The van der Waals surface area contributed by atoms with Crippen molar-refractivity contribution >= 4 is 92.2 Å². The van der Waals surface area contributed by atoms with Crippen LogP contribution < -0.4 is 5.56 Å². The molecule has 12 aromatic rings. The van der Waals surface area contributed by atoms with E-state index in [0.29, 0.717) is 0 Å². The van der Waals surface area contributed by atoms with Gasteiger partial charge < -0.3 is 4.42 Å². The van der Waals surface area contributed by atoms with Gasteiger partial charge >= 0.3 is 0 Å². The second kappa shape index (κ2) is 10.1. The lowest BCUT2D eigenvalue weighted by Crippen LogP contribution is -2.12. The topological polar surface area (TPSA) is 34.6 Å². The van der Waals surface area contributed by atoms with Gasteiger partial charge in [-0.05, 0) is 108 Å². The molecule has 3 nitrogen and oxygen atoms in total. The number of pyridine rings is 1. The molecule has 0 atom stereocenters. The Bertz CT molecular complexity index is 3510. The first-order valence-corrected chi connectivity index (χ1v) is 17.7. The second-order valence-electron chi connectivity index (χ2n) is 14.0. The number of hydrogen-bond acceptors (Lipinski definition) is 2. The SMILES string of the molecule is O=c1c2ccccc2c2cccc3c4cc(-c5ccc6oc7ccc(-c8ccc9c%10ccccc%10c%10ccccc%10c9c8)cc7c6c5)ccc4n1c23. The third-order valence-corrected chi connectivity index (χ3v) is 11.3. The Morgan fingerprint density at radius 1 is 0.327 bits per heavy atom. The predicted octanol–water partition coefficient (Wildman–Crippen LogP) is 12.9. The molecule has 3 aromatic heterocycles. The molecule has 0 saturated carbocycles.